The van der Waals surface area contributed by atoms with Crippen LogP contribution in [0.2, 0.25) is 0 Å². The van der Waals surface area contributed by atoms with Crippen molar-refractivity contribution in [2.75, 3.05) is 13.7 Å². The van der Waals surface area contributed by atoms with Crippen molar-refractivity contribution in [3.05, 3.63) is 58.0 Å². The highest BCUT2D eigenvalue weighted by atomic mass is 16.6. The summed E-state index contributed by atoms with van der Waals surface area (Å²) < 4.78 is 9.76. The van der Waals surface area contributed by atoms with Crippen LogP contribution in [0, 0.1) is 10.1 Å². The third-order valence-electron chi connectivity index (χ3n) is 2.96. The minimum atomic E-state index is -0.584. The van der Waals surface area contributed by atoms with Crippen LogP contribution < -0.4 is 15.5 Å². The van der Waals surface area contributed by atoms with Crippen molar-refractivity contribution in [3.63, 3.8) is 0 Å². The Kier molecular flexibility index (Phi) is 5.82. The van der Waals surface area contributed by atoms with Crippen LogP contribution in [0.25, 0.3) is 0 Å². The first-order chi connectivity index (χ1) is 12.0. The summed E-state index contributed by atoms with van der Waals surface area (Å²) in [5, 5.41) is 16.9. The highest BCUT2D eigenvalue weighted by molar-refractivity contribution is 5.94. The molecule has 0 aliphatic rings. The number of hydrazone groups is 1. The normalized spacial score (nSPS) is 10.4. The van der Waals surface area contributed by atoms with Gasteiger partial charge < -0.3 is 14.5 Å². The molecule has 0 spiro atoms. The lowest BCUT2D eigenvalue weighted by Gasteiger charge is -2.03. The number of hydrogen-bond donors (Lipinski definition) is 2. The number of carbonyl (C=O) groups is 2. The van der Waals surface area contributed by atoms with E-state index in [1.165, 1.54) is 37.8 Å². The fourth-order valence-corrected chi connectivity index (χ4v) is 1.80. The Morgan fingerprint density at radius 2 is 2.20 bits per heavy atom. The molecule has 0 bridgehead atoms. The zero-order valence-corrected chi connectivity index (χ0v) is 13.1. The van der Waals surface area contributed by atoms with Gasteiger partial charge in [0.1, 0.15) is 0 Å². The Morgan fingerprint density at radius 3 is 2.84 bits per heavy atom. The summed E-state index contributed by atoms with van der Waals surface area (Å²) in [6.07, 6.45) is 2.58. The molecule has 0 atom stereocenters. The third kappa shape index (κ3) is 4.89. The number of nitrogens with zero attached hydrogens (tertiary/aromatic N) is 2. The summed E-state index contributed by atoms with van der Waals surface area (Å²) in [5.41, 5.74) is 2.37. The van der Waals surface area contributed by atoms with E-state index in [9.17, 15) is 19.7 Å². The van der Waals surface area contributed by atoms with Crippen LogP contribution in [0.3, 0.4) is 0 Å². The quantitative estimate of drug-likeness (QED) is 0.437. The molecule has 2 aromatic rings. The van der Waals surface area contributed by atoms with Gasteiger partial charge in [-0.15, -0.1) is 0 Å². The topological polar surface area (TPSA) is 136 Å². The Morgan fingerprint density at radius 1 is 1.40 bits per heavy atom. The van der Waals surface area contributed by atoms with Gasteiger partial charge in [0.05, 0.1) is 31.1 Å². The zero-order chi connectivity index (χ0) is 18.2. The molecule has 0 saturated heterocycles. The number of ether oxygens (including phenoxy) is 1. The number of methoxy groups -OCH3 is 1. The lowest BCUT2D eigenvalue weighted by Crippen LogP contribution is -2.34. The fourth-order valence-electron chi connectivity index (χ4n) is 1.80. The first-order valence-corrected chi connectivity index (χ1v) is 6.97. The van der Waals surface area contributed by atoms with Gasteiger partial charge in [-0.2, -0.15) is 5.10 Å². The maximum absolute atomic E-state index is 11.6. The molecule has 1 aromatic carbocycles. The summed E-state index contributed by atoms with van der Waals surface area (Å²) in [7, 11) is 1.33. The number of nitro groups is 1. The van der Waals surface area contributed by atoms with Crippen LogP contribution in [0.5, 0.6) is 5.75 Å². The fraction of sp³-hybridized carbons (Fsp3) is 0.133. The van der Waals surface area contributed by atoms with E-state index in [1.807, 2.05) is 0 Å². The molecule has 0 aliphatic carbocycles. The standard InChI is InChI=1S/C15H14N4O6/c1-24-12-5-4-10(7-11(12)19(22)23)8-17-18-14(20)9-16-15(21)13-3-2-6-25-13/h2-8H,9H2,1H3,(H,16,21)(H,18,20)/b17-8+. The van der Waals surface area contributed by atoms with Crippen molar-refractivity contribution in [1.29, 1.82) is 0 Å². The Balaban J connectivity index is 1.88. The molecular formula is C15H14N4O6. The second-order valence-electron chi connectivity index (χ2n) is 4.64. The molecule has 2 amide bonds. The average Bonchev–Trinajstić information content (AvgIpc) is 3.14. The summed E-state index contributed by atoms with van der Waals surface area (Å²) in [4.78, 5) is 33.5. The number of rotatable bonds is 7. The highest BCUT2D eigenvalue weighted by Gasteiger charge is 2.14. The third-order valence-corrected chi connectivity index (χ3v) is 2.96. The van der Waals surface area contributed by atoms with Gasteiger partial charge in [0, 0.05) is 11.6 Å². The molecule has 10 heteroatoms. The number of nitro benzene ring substituents is 1. The SMILES string of the molecule is COc1ccc(/C=N/NC(=O)CNC(=O)c2ccco2)cc1[N+](=O)[O-]. The molecule has 25 heavy (non-hydrogen) atoms. The van der Waals surface area contributed by atoms with E-state index in [0.29, 0.717) is 5.56 Å². The predicted octanol–water partition coefficient (Wildman–Crippen LogP) is 1.08. The summed E-state index contributed by atoms with van der Waals surface area (Å²) >= 11 is 0. The van der Waals surface area contributed by atoms with Gasteiger partial charge in [-0.3, -0.25) is 19.7 Å². The second kappa shape index (κ2) is 8.24. The lowest BCUT2D eigenvalue weighted by molar-refractivity contribution is -0.385. The van der Waals surface area contributed by atoms with E-state index < -0.39 is 16.7 Å². The number of nitrogens with one attached hydrogen (secondary N) is 2. The van der Waals surface area contributed by atoms with Gasteiger partial charge in [0.15, 0.2) is 11.5 Å². The van der Waals surface area contributed by atoms with Gasteiger partial charge in [0.2, 0.25) is 0 Å². The average molecular weight is 346 g/mol. The molecule has 130 valence electrons. The van der Waals surface area contributed by atoms with Crippen LogP contribution in [0.1, 0.15) is 16.1 Å². The highest BCUT2D eigenvalue weighted by Crippen LogP contribution is 2.26. The van der Waals surface area contributed by atoms with Crippen molar-refractivity contribution in [2.45, 2.75) is 0 Å². The number of carbonyl (C=O) groups excluding carboxylic acids is 2. The Labute approximate surface area is 141 Å². The molecule has 10 nitrogen and oxygen atoms in total. The number of furan rings is 1. The van der Waals surface area contributed by atoms with E-state index in [-0.39, 0.29) is 23.7 Å². The van der Waals surface area contributed by atoms with Gasteiger partial charge in [-0.25, -0.2) is 5.43 Å². The molecular weight excluding hydrogens is 332 g/mol. The van der Waals surface area contributed by atoms with Crippen LogP contribution >= 0.6 is 0 Å². The Bertz CT molecular complexity index is 800. The van der Waals surface area contributed by atoms with Gasteiger partial charge in [-0.05, 0) is 24.3 Å². The van der Waals surface area contributed by atoms with E-state index in [1.54, 1.807) is 12.1 Å². The van der Waals surface area contributed by atoms with E-state index in [4.69, 9.17) is 9.15 Å². The second-order valence-corrected chi connectivity index (χ2v) is 4.64. The Hall–Kier alpha value is -3.69. The largest absolute Gasteiger partial charge is 0.490 e. The van der Waals surface area contributed by atoms with Crippen LogP contribution in [0.15, 0.2) is 46.1 Å². The smallest absolute Gasteiger partial charge is 0.311 e. The minimum absolute atomic E-state index is 0.0850. The molecule has 0 aliphatic heterocycles. The molecule has 0 unspecified atom stereocenters. The molecule has 2 rings (SSSR count). The molecule has 1 aromatic heterocycles. The molecule has 0 radical (unpaired) electrons. The monoisotopic (exact) mass is 346 g/mol. The molecule has 0 saturated carbocycles. The molecule has 0 fully saturated rings. The minimum Gasteiger partial charge on any atom is -0.490 e. The lowest BCUT2D eigenvalue weighted by atomic mass is 10.2. The van der Waals surface area contributed by atoms with Gasteiger partial charge in [0.25, 0.3) is 11.8 Å². The van der Waals surface area contributed by atoms with Crippen molar-refractivity contribution >= 4 is 23.7 Å². The zero-order valence-electron chi connectivity index (χ0n) is 13.1. The van der Waals surface area contributed by atoms with Crippen molar-refractivity contribution in [2.24, 2.45) is 5.10 Å². The predicted molar refractivity (Wildman–Crippen MR) is 86.4 cm³/mol. The van der Waals surface area contributed by atoms with Crippen LogP contribution in [-0.2, 0) is 4.79 Å². The number of hydrogen-bond acceptors (Lipinski definition) is 7. The maximum atomic E-state index is 11.6. The van der Waals surface area contributed by atoms with E-state index in [0.717, 1.165) is 0 Å². The summed E-state index contributed by atoms with van der Waals surface area (Å²) in [5.74, 6) is -0.900. The van der Waals surface area contributed by atoms with Gasteiger partial charge >= 0.3 is 5.69 Å². The van der Waals surface area contributed by atoms with E-state index in [2.05, 4.69) is 15.8 Å². The number of amides is 2. The number of benzene rings is 1. The summed E-state index contributed by atoms with van der Waals surface area (Å²) in [6, 6.07) is 7.23. The van der Waals surface area contributed by atoms with Gasteiger partial charge in [-0.1, -0.05) is 0 Å². The van der Waals surface area contributed by atoms with Crippen LogP contribution in [-0.4, -0.2) is 36.6 Å². The maximum Gasteiger partial charge on any atom is 0.311 e. The van der Waals surface area contributed by atoms with E-state index >= 15 is 0 Å². The van der Waals surface area contributed by atoms with Crippen molar-refractivity contribution < 1.29 is 23.7 Å². The summed E-state index contributed by atoms with van der Waals surface area (Å²) in [6.45, 7) is -0.306. The van der Waals surface area contributed by atoms with Crippen molar-refractivity contribution in [1.82, 2.24) is 10.7 Å². The van der Waals surface area contributed by atoms with Crippen molar-refractivity contribution in [3.8, 4) is 5.75 Å². The van der Waals surface area contributed by atoms with Crippen LogP contribution in [0.4, 0.5) is 5.69 Å². The molecule has 2 N–H and O–H groups in total. The molecule has 1 heterocycles. The first-order valence-electron chi connectivity index (χ1n) is 6.97. The first kappa shape index (κ1) is 17.7.